The van der Waals surface area contributed by atoms with E-state index < -0.39 is 0 Å². The van der Waals surface area contributed by atoms with Crippen molar-refractivity contribution < 1.29 is 14.6 Å². The summed E-state index contributed by atoms with van der Waals surface area (Å²) in [6.45, 7) is 5.64. The molecule has 0 unspecified atom stereocenters. The van der Waals surface area contributed by atoms with E-state index in [1.165, 1.54) is 28.7 Å². The number of anilines is 1. The lowest BCUT2D eigenvalue weighted by Gasteiger charge is -2.38. The number of aryl methyl sites for hydroxylation is 1. The van der Waals surface area contributed by atoms with Gasteiger partial charge in [-0.2, -0.15) is 5.26 Å². The molecule has 2 aromatic carbocycles. The number of aliphatic hydroxyl groups is 1. The number of benzene rings is 2. The number of nitriles is 1. The Morgan fingerprint density at radius 2 is 1.71 bits per heavy atom. The van der Waals surface area contributed by atoms with Gasteiger partial charge in [0.05, 0.1) is 30.9 Å². The van der Waals surface area contributed by atoms with Crippen molar-refractivity contribution >= 4 is 11.7 Å². The van der Waals surface area contributed by atoms with Crippen molar-refractivity contribution in [3.05, 3.63) is 101 Å². The van der Waals surface area contributed by atoms with Gasteiger partial charge in [-0.05, 0) is 78.1 Å². The smallest absolute Gasteiger partial charge is 0.255 e. The normalized spacial score (nSPS) is 20.9. The molecule has 10 nitrogen and oxygen atoms in total. The van der Waals surface area contributed by atoms with Crippen molar-refractivity contribution in [3.8, 4) is 28.3 Å². The van der Waals surface area contributed by atoms with E-state index in [4.69, 9.17) is 15.7 Å². The fourth-order valence-electron chi connectivity index (χ4n) is 7.57. The number of nitrogen functional groups attached to an aromatic ring is 1. The van der Waals surface area contributed by atoms with Crippen LogP contribution in [0.5, 0.6) is 0 Å². The first-order valence-corrected chi connectivity index (χ1v) is 17.3. The molecule has 4 aromatic rings. The number of hydrogen-bond donors (Lipinski definition) is 3. The molecule has 2 aliphatic carbocycles. The number of carbonyl (C=O) groups excluding carboxylic acids is 1. The van der Waals surface area contributed by atoms with E-state index in [1.807, 2.05) is 6.07 Å². The topological polar surface area (TPSA) is 141 Å². The molecule has 3 atom stereocenters. The molecular formula is C39H43N7O3. The third-order valence-corrected chi connectivity index (χ3v) is 10.3. The summed E-state index contributed by atoms with van der Waals surface area (Å²) in [7, 11) is 0. The number of pyridine rings is 2. The molecule has 4 N–H and O–H groups in total. The average molecular weight is 658 g/mol. The van der Waals surface area contributed by atoms with E-state index >= 15 is 0 Å². The zero-order chi connectivity index (χ0) is 33.7. The first-order chi connectivity index (χ1) is 24.0. The van der Waals surface area contributed by atoms with Gasteiger partial charge in [0.25, 0.3) is 5.91 Å². The third-order valence-electron chi connectivity index (χ3n) is 10.3. The lowest BCUT2D eigenvalue weighted by Crippen LogP contribution is -2.47. The summed E-state index contributed by atoms with van der Waals surface area (Å²) in [5, 5.41) is 21.4. The monoisotopic (exact) mass is 657 g/mol. The largest absolute Gasteiger partial charge is 0.395 e. The van der Waals surface area contributed by atoms with E-state index in [-0.39, 0.29) is 30.5 Å². The van der Waals surface area contributed by atoms with Crippen LogP contribution in [0, 0.1) is 11.3 Å². The Morgan fingerprint density at radius 1 is 0.939 bits per heavy atom. The number of carbonyl (C=O) groups is 1. The van der Waals surface area contributed by atoms with Crippen molar-refractivity contribution in [2.75, 3.05) is 45.1 Å². The number of fused-ring (bicyclic) bond motifs is 1. The fraction of sp³-hybridized carbons (Fsp3) is 0.385. The molecule has 10 heteroatoms. The predicted octanol–water partition coefficient (Wildman–Crippen LogP) is 4.73. The van der Waals surface area contributed by atoms with Gasteiger partial charge >= 0.3 is 0 Å². The second-order valence-electron chi connectivity index (χ2n) is 13.3. The molecule has 252 valence electrons. The van der Waals surface area contributed by atoms with Crippen LogP contribution in [-0.4, -0.2) is 82.3 Å². The zero-order valence-corrected chi connectivity index (χ0v) is 27.7. The molecular weight excluding hydrogens is 614 g/mol. The van der Waals surface area contributed by atoms with Crippen LogP contribution < -0.4 is 11.1 Å². The highest BCUT2D eigenvalue weighted by molar-refractivity contribution is 5.99. The number of rotatable bonds is 10. The number of hydrogen-bond acceptors (Lipinski definition) is 9. The van der Waals surface area contributed by atoms with Crippen molar-refractivity contribution in [2.45, 2.75) is 56.9 Å². The lowest BCUT2D eigenvalue weighted by atomic mass is 9.98. The van der Waals surface area contributed by atoms with Crippen molar-refractivity contribution in [3.63, 3.8) is 0 Å². The van der Waals surface area contributed by atoms with E-state index in [0.29, 0.717) is 29.5 Å². The average Bonchev–Trinajstić information content (AvgIpc) is 3.78. The molecule has 1 saturated carbocycles. The molecule has 0 spiro atoms. The van der Waals surface area contributed by atoms with Gasteiger partial charge < -0.3 is 20.9 Å². The molecule has 7 rings (SSSR count). The van der Waals surface area contributed by atoms with E-state index in [1.54, 1.807) is 30.6 Å². The van der Waals surface area contributed by atoms with E-state index in [2.05, 4.69) is 67.5 Å². The summed E-state index contributed by atoms with van der Waals surface area (Å²) in [5.74, 6) is -0.116. The second kappa shape index (κ2) is 14.8. The number of nitrogens with zero attached hydrogens (tertiary/aromatic N) is 5. The number of nitrogens with one attached hydrogen (secondary N) is 1. The molecule has 1 saturated heterocycles. The molecule has 1 aliphatic heterocycles. The van der Waals surface area contributed by atoms with Crippen LogP contribution in [-0.2, 0) is 17.8 Å². The molecule has 0 bridgehead atoms. The quantitative estimate of drug-likeness (QED) is 0.221. The summed E-state index contributed by atoms with van der Waals surface area (Å²) in [5.41, 5.74) is 14.7. The molecule has 3 heterocycles. The Balaban J connectivity index is 0.939. The fourth-order valence-corrected chi connectivity index (χ4v) is 7.57. The Labute approximate surface area is 287 Å². The third kappa shape index (κ3) is 7.36. The number of aliphatic hydroxyl groups excluding tert-OH is 1. The first-order valence-electron chi connectivity index (χ1n) is 17.3. The maximum Gasteiger partial charge on any atom is 0.255 e. The second-order valence-corrected chi connectivity index (χ2v) is 13.3. The van der Waals surface area contributed by atoms with Crippen LogP contribution in [0.3, 0.4) is 0 Å². The van der Waals surface area contributed by atoms with Gasteiger partial charge in [0.1, 0.15) is 17.6 Å². The van der Waals surface area contributed by atoms with Crippen LogP contribution in [0.1, 0.15) is 64.5 Å². The van der Waals surface area contributed by atoms with Crippen LogP contribution in [0.4, 0.5) is 5.82 Å². The molecule has 2 fully saturated rings. The molecule has 0 radical (unpaired) electrons. The standard InChI is InChI=1S/C39H43N7O3/c40-22-32-11-8-30(23-42-32)31-21-34(38(41)43-24-31)39(48)44-35-2-1-3-37(35)49-25-26-4-6-27(7-5-26)28-9-12-33-29(20-28)10-13-36(33)46-16-14-45(15-17-46)18-19-47/h4-9,11-12,20-21,23-24,35-37,47H,1-3,10,13-19,25H2,(H2,41,43)(H,44,48)/t35-,36-,37-/m0/s1. The molecule has 49 heavy (non-hydrogen) atoms. The number of amides is 1. The zero-order valence-electron chi connectivity index (χ0n) is 27.7. The Morgan fingerprint density at radius 3 is 2.47 bits per heavy atom. The highest BCUT2D eigenvalue weighted by atomic mass is 16.5. The van der Waals surface area contributed by atoms with Gasteiger partial charge in [-0.25, -0.2) is 9.97 Å². The SMILES string of the molecule is N#Cc1ccc(-c2cnc(N)c(C(=O)N[C@H]3CCC[C@@H]3OCc3ccc(-c4ccc5c(c4)CC[C@@H]5N4CCN(CCO)CC4)cc3)c2)cn1. The highest BCUT2D eigenvalue weighted by Gasteiger charge is 2.31. The summed E-state index contributed by atoms with van der Waals surface area (Å²) < 4.78 is 6.36. The molecule has 3 aliphatic rings. The summed E-state index contributed by atoms with van der Waals surface area (Å²) in [6.07, 6.45) is 8.07. The minimum Gasteiger partial charge on any atom is -0.395 e. The minimum atomic E-state index is -0.278. The van der Waals surface area contributed by atoms with E-state index in [0.717, 1.165) is 69.5 Å². The number of ether oxygens (including phenoxy) is 1. The summed E-state index contributed by atoms with van der Waals surface area (Å²) >= 11 is 0. The number of aromatic nitrogens is 2. The van der Waals surface area contributed by atoms with Crippen LogP contribution in [0.2, 0.25) is 0 Å². The van der Waals surface area contributed by atoms with Gasteiger partial charge in [-0.1, -0.05) is 42.5 Å². The van der Waals surface area contributed by atoms with Gasteiger partial charge in [-0.15, -0.1) is 0 Å². The Hall–Kier alpha value is -4.66. The highest BCUT2D eigenvalue weighted by Crippen LogP contribution is 2.38. The first kappa shape index (κ1) is 32.9. The Kier molecular flexibility index (Phi) is 9.96. The van der Waals surface area contributed by atoms with Gasteiger partial charge in [0.15, 0.2) is 0 Å². The molecule has 2 aromatic heterocycles. The van der Waals surface area contributed by atoms with Gasteiger partial charge in [0.2, 0.25) is 0 Å². The van der Waals surface area contributed by atoms with Crippen LogP contribution in [0.25, 0.3) is 22.3 Å². The van der Waals surface area contributed by atoms with Crippen LogP contribution >= 0.6 is 0 Å². The predicted molar refractivity (Wildman–Crippen MR) is 188 cm³/mol. The number of nitrogens with two attached hydrogens (primary N) is 1. The lowest BCUT2D eigenvalue weighted by molar-refractivity contribution is 0.0272. The van der Waals surface area contributed by atoms with Crippen molar-refractivity contribution in [1.82, 2.24) is 25.1 Å². The van der Waals surface area contributed by atoms with Gasteiger partial charge in [0, 0.05) is 62.3 Å². The maximum atomic E-state index is 13.3. The van der Waals surface area contributed by atoms with E-state index in [9.17, 15) is 9.90 Å². The summed E-state index contributed by atoms with van der Waals surface area (Å²) in [6, 6.07) is 23.1. The maximum absolute atomic E-state index is 13.3. The van der Waals surface area contributed by atoms with Gasteiger partial charge in [-0.3, -0.25) is 14.6 Å². The van der Waals surface area contributed by atoms with Crippen LogP contribution in [0.15, 0.2) is 73.1 Å². The number of β-amino-alcohol motifs (C(OH)–C–C–N with tert-alkyl or cyclic N) is 1. The summed E-state index contributed by atoms with van der Waals surface area (Å²) in [4.78, 5) is 26.7. The Bertz CT molecular complexity index is 1810. The number of piperazine rings is 1. The van der Waals surface area contributed by atoms with Crippen molar-refractivity contribution in [2.24, 2.45) is 0 Å². The van der Waals surface area contributed by atoms with Crippen molar-refractivity contribution in [1.29, 1.82) is 5.26 Å². The minimum absolute atomic E-state index is 0.0916. The molecule has 1 amide bonds.